The van der Waals surface area contributed by atoms with Crippen LogP contribution in [0.4, 0.5) is 10.1 Å². The smallest absolute Gasteiger partial charge is 0.184 e. The number of halogens is 2. The fraction of sp³-hybridized carbons (Fsp3) is 0.0714. The Morgan fingerprint density at radius 3 is 2.81 bits per heavy atom. The van der Waals surface area contributed by atoms with Gasteiger partial charge in [0.1, 0.15) is 5.82 Å². The number of hydrogen-bond donors (Lipinski definition) is 1. The maximum absolute atomic E-state index is 13.1. The van der Waals surface area contributed by atoms with Crippen molar-refractivity contribution in [3.8, 4) is 11.4 Å². The molecule has 2 N–H and O–H groups in total. The number of nitrogen functional groups attached to an aromatic ring is 1. The van der Waals surface area contributed by atoms with E-state index in [1.807, 2.05) is 24.3 Å². The highest BCUT2D eigenvalue weighted by Crippen LogP contribution is 2.24. The van der Waals surface area contributed by atoms with Crippen molar-refractivity contribution in [3.63, 3.8) is 0 Å². The van der Waals surface area contributed by atoms with Crippen LogP contribution >= 0.6 is 15.9 Å². The van der Waals surface area contributed by atoms with E-state index >= 15 is 0 Å². The first-order valence-electron chi connectivity index (χ1n) is 6.19. The molecule has 0 atom stereocenters. The maximum Gasteiger partial charge on any atom is 0.184 e. The van der Waals surface area contributed by atoms with Gasteiger partial charge in [-0.15, -0.1) is 5.10 Å². The van der Waals surface area contributed by atoms with Crippen LogP contribution < -0.4 is 5.73 Å². The molecule has 21 heavy (non-hydrogen) atoms. The molecule has 0 amide bonds. The molecule has 1 aromatic heterocycles. The summed E-state index contributed by atoms with van der Waals surface area (Å²) < 4.78 is 15.7. The summed E-state index contributed by atoms with van der Waals surface area (Å²) in [4.78, 5) is 0. The van der Waals surface area contributed by atoms with Gasteiger partial charge in [-0.2, -0.15) is 0 Å². The number of nitrogens with zero attached hydrogens (tertiary/aromatic N) is 4. The number of nitrogens with two attached hydrogens (primary N) is 1. The summed E-state index contributed by atoms with van der Waals surface area (Å²) in [6.45, 7) is 0.499. The molecule has 0 saturated carbocycles. The van der Waals surface area contributed by atoms with Gasteiger partial charge >= 0.3 is 0 Å². The second kappa shape index (κ2) is 5.61. The van der Waals surface area contributed by atoms with Gasteiger partial charge in [0.15, 0.2) is 5.82 Å². The summed E-state index contributed by atoms with van der Waals surface area (Å²) in [7, 11) is 0. The molecule has 0 fully saturated rings. The monoisotopic (exact) mass is 347 g/mol. The van der Waals surface area contributed by atoms with Crippen molar-refractivity contribution in [2.45, 2.75) is 6.54 Å². The van der Waals surface area contributed by atoms with E-state index < -0.39 is 0 Å². The van der Waals surface area contributed by atoms with Crippen molar-refractivity contribution < 1.29 is 4.39 Å². The van der Waals surface area contributed by atoms with Crippen LogP contribution in [0.5, 0.6) is 0 Å². The van der Waals surface area contributed by atoms with Crippen molar-refractivity contribution in [3.05, 3.63) is 58.3 Å². The predicted octanol–water partition coefficient (Wildman–Crippen LogP) is 2.87. The molecule has 0 unspecified atom stereocenters. The third kappa shape index (κ3) is 2.92. The van der Waals surface area contributed by atoms with Gasteiger partial charge in [-0.3, -0.25) is 0 Å². The van der Waals surface area contributed by atoms with Crippen LogP contribution in [0, 0.1) is 5.82 Å². The van der Waals surface area contributed by atoms with Gasteiger partial charge < -0.3 is 5.73 Å². The Kier molecular flexibility index (Phi) is 3.66. The molecule has 7 heteroatoms. The summed E-state index contributed by atoms with van der Waals surface area (Å²) in [6.07, 6.45) is 0. The minimum Gasteiger partial charge on any atom is -0.398 e. The lowest BCUT2D eigenvalue weighted by Gasteiger charge is -2.07. The second-order valence-corrected chi connectivity index (χ2v) is 5.44. The Bertz CT molecular complexity index is 787. The summed E-state index contributed by atoms with van der Waals surface area (Å²) in [5.74, 6) is 0.120. The highest BCUT2D eigenvalue weighted by Gasteiger charge is 2.13. The van der Waals surface area contributed by atoms with Gasteiger partial charge in [0.25, 0.3) is 0 Å². The number of aromatic nitrogens is 4. The molecule has 106 valence electrons. The molecule has 0 aliphatic rings. The highest BCUT2D eigenvalue weighted by molar-refractivity contribution is 9.10. The predicted molar refractivity (Wildman–Crippen MR) is 80.9 cm³/mol. The summed E-state index contributed by atoms with van der Waals surface area (Å²) >= 11 is 3.43. The van der Waals surface area contributed by atoms with E-state index in [4.69, 9.17) is 5.73 Å². The summed E-state index contributed by atoms with van der Waals surface area (Å²) in [6, 6.07) is 12.0. The second-order valence-electron chi connectivity index (χ2n) is 4.52. The summed E-state index contributed by atoms with van der Waals surface area (Å²) in [5.41, 5.74) is 7.80. The SMILES string of the molecule is Nc1cc(F)ccc1-c1nnnn1Cc1cccc(Br)c1. The van der Waals surface area contributed by atoms with Gasteiger partial charge in [0, 0.05) is 15.7 Å². The van der Waals surface area contributed by atoms with Crippen LogP contribution in [0.2, 0.25) is 0 Å². The van der Waals surface area contributed by atoms with Crippen LogP contribution in [0.1, 0.15) is 5.56 Å². The molecule has 0 saturated heterocycles. The molecular formula is C14H11BrFN5. The fourth-order valence-corrected chi connectivity index (χ4v) is 2.50. The quantitative estimate of drug-likeness (QED) is 0.739. The minimum atomic E-state index is -0.387. The minimum absolute atomic E-state index is 0.306. The Labute approximate surface area is 128 Å². The molecule has 5 nitrogen and oxygen atoms in total. The molecule has 0 aliphatic heterocycles. The van der Waals surface area contributed by atoms with Crippen molar-refractivity contribution in [1.29, 1.82) is 0 Å². The van der Waals surface area contributed by atoms with Crippen LogP contribution in [-0.2, 0) is 6.54 Å². The standard InChI is InChI=1S/C14H11BrFN5/c15-10-3-1-2-9(6-10)8-21-14(18-19-20-21)12-5-4-11(16)7-13(12)17/h1-7H,8,17H2. The molecule has 3 aromatic rings. The third-order valence-corrected chi connectivity index (χ3v) is 3.50. The first-order chi connectivity index (χ1) is 10.1. The Morgan fingerprint density at radius 2 is 2.05 bits per heavy atom. The van der Waals surface area contributed by atoms with Crippen molar-refractivity contribution in [2.24, 2.45) is 0 Å². The van der Waals surface area contributed by atoms with E-state index in [2.05, 4.69) is 31.5 Å². The molecule has 0 spiro atoms. The van der Waals surface area contributed by atoms with E-state index in [0.717, 1.165) is 10.0 Å². The molecular weight excluding hydrogens is 337 g/mol. The molecule has 2 aromatic carbocycles. The zero-order valence-electron chi connectivity index (χ0n) is 10.9. The van der Waals surface area contributed by atoms with Crippen LogP contribution in [-0.4, -0.2) is 20.2 Å². The molecule has 0 aliphatic carbocycles. The topological polar surface area (TPSA) is 69.6 Å². The number of rotatable bonds is 3. The maximum atomic E-state index is 13.1. The van der Waals surface area contributed by atoms with Crippen molar-refractivity contribution in [1.82, 2.24) is 20.2 Å². The van der Waals surface area contributed by atoms with Crippen molar-refractivity contribution in [2.75, 3.05) is 5.73 Å². The number of anilines is 1. The highest BCUT2D eigenvalue weighted by atomic mass is 79.9. The Morgan fingerprint density at radius 1 is 1.19 bits per heavy atom. The Balaban J connectivity index is 1.97. The zero-order valence-corrected chi connectivity index (χ0v) is 12.5. The number of hydrogen-bond acceptors (Lipinski definition) is 4. The van der Waals surface area contributed by atoms with Gasteiger partial charge in [0.05, 0.1) is 6.54 Å². The first kappa shape index (κ1) is 13.7. The molecule has 3 rings (SSSR count). The number of benzene rings is 2. The lowest BCUT2D eigenvalue weighted by molar-refractivity contribution is 0.628. The van der Waals surface area contributed by atoms with Gasteiger partial charge in [-0.05, 0) is 46.3 Å². The van der Waals surface area contributed by atoms with E-state index in [-0.39, 0.29) is 5.82 Å². The van der Waals surface area contributed by atoms with Gasteiger partial charge in [-0.25, -0.2) is 9.07 Å². The zero-order chi connectivity index (χ0) is 14.8. The van der Waals surface area contributed by atoms with E-state index in [0.29, 0.717) is 23.6 Å². The summed E-state index contributed by atoms with van der Waals surface area (Å²) in [5, 5.41) is 11.6. The average Bonchev–Trinajstić information content (AvgIpc) is 2.87. The Hall–Kier alpha value is -2.28. The average molecular weight is 348 g/mol. The van der Waals surface area contributed by atoms with E-state index in [1.165, 1.54) is 12.1 Å². The molecule has 0 bridgehead atoms. The normalized spacial score (nSPS) is 10.8. The van der Waals surface area contributed by atoms with Gasteiger partial charge in [-0.1, -0.05) is 28.1 Å². The lowest BCUT2D eigenvalue weighted by Crippen LogP contribution is -2.05. The fourth-order valence-electron chi connectivity index (χ4n) is 2.05. The lowest BCUT2D eigenvalue weighted by atomic mass is 10.1. The largest absolute Gasteiger partial charge is 0.398 e. The van der Waals surface area contributed by atoms with E-state index in [9.17, 15) is 4.39 Å². The van der Waals surface area contributed by atoms with Crippen LogP contribution in [0.15, 0.2) is 46.9 Å². The third-order valence-electron chi connectivity index (χ3n) is 3.01. The van der Waals surface area contributed by atoms with Crippen LogP contribution in [0.3, 0.4) is 0 Å². The van der Waals surface area contributed by atoms with Gasteiger partial charge in [0.2, 0.25) is 0 Å². The van der Waals surface area contributed by atoms with E-state index in [1.54, 1.807) is 10.7 Å². The number of tetrazole rings is 1. The van der Waals surface area contributed by atoms with Crippen molar-refractivity contribution >= 4 is 21.6 Å². The molecule has 1 heterocycles. The van der Waals surface area contributed by atoms with Crippen LogP contribution in [0.25, 0.3) is 11.4 Å². The first-order valence-corrected chi connectivity index (χ1v) is 6.99. The molecule has 0 radical (unpaired) electrons.